The van der Waals surface area contributed by atoms with Crippen molar-refractivity contribution < 1.29 is 28.6 Å². The Hall–Kier alpha value is -4.97. The number of carbonyl (C=O) groups excluding carboxylic acids is 3. The van der Waals surface area contributed by atoms with Gasteiger partial charge in [-0.2, -0.15) is 0 Å². The Labute approximate surface area is 429 Å². The Kier molecular flexibility index (Phi) is 52.6. The Morgan fingerprint density at radius 3 is 1.10 bits per heavy atom. The van der Waals surface area contributed by atoms with E-state index in [1.54, 1.807) is 0 Å². The molecule has 6 heteroatoms. The van der Waals surface area contributed by atoms with Crippen molar-refractivity contribution >= 4 is 17.9 Å². The normalized spacial score (nSPS) is 13.4. The van der Waals surface area contributed by atoms with Crippen molar-refractivity contribution in [2.24, 2.45) is 0 Å². The van der Waals surface area contributed by atoms with Crippen molar-refractivity contribution in [1.29, 1.82) is 0 Å². The molecule has 0 aliphatic rings. The number of unbranched alkanes of at least 4 members (excludes halogenated alkanes) is 15. The third kappa shape index (κ3) is 54.0. The van der Waals surface area contributed by atoms with Gasteiger partial charge in [0.15, 0.2) is 6.10 Å². The van der Waals surface area contributed by atoms with Gasteiger partial charge in [-0.3, -0.25) is 14.4 Å². The highest BCUT2D eigenvalue weighted by Crippen LogP contribution is 2.12. The Morgan fingerprint density at radius 2 is 0.657 bits per heavy atom. The molecule has 1 unspecified atom stereocenters. The summed E-state index contributed by atoms with van der Waals surface area (Å²) in [5, 5.41) is 0. The average Bonchev–Trinajstić information content (AvgIpc) is 3.36. The smallest absolute Gasteiger partial charge is 0.306 e. The molecular formula is C64H98O6. The highest BCUT2D eigenvalue weighted by Gasteiger charge is 2.19. The molecule has 0 N–H and O–H groups in total. The lowest BCUT2D eigenvalue weighted by Crippen LogP contribution is -2.30. The standard InChI is InChI=1S/C64H98O6/c1-4-7-10-13-16-19-22-25-28-30-32-34-36-39-42-45-48-51-54-57-63(66)69-60-61(59-68-62(65)56-53-50-47-44-41-38-35-27-24-21-18-15-12-9-6-3)70-64(67)58-55-52-49-46-43-40-37-33-31-29-26-23-20-17-14-11-8-5-2/h7,9-10,12,15-16,18-19,21,23-29,31-35,37,39,42,48,51,61H,4-6,8,11,13-14,17,20,22,30,36,38,40-41,43-47,49-50,52-60H2,1-3H3/b10-7-,12-9-,18-15-,19-16-,24-21-,26-23-,28-25-,31-29-,34-32-,35-27-,37-33-,42-39-,51-48-. The molecule has 0 bridgehead atoms. The Morgan fingerprint density at radius 1 is 0.314 bits per heavy atom. The monoisotopic (exact) mass is 963 g/mol. The topological polar surface area (TPSA) is 78.9 Å². The second-order valence-electron chi connectivity index (χ2n) is 17.5. The van der Waals surface area contributed by atoms with Gasteiger partial charge in [-0.25, -0.2) is 0 Å². The fourth-order valence-corrected chi connectivity index (χ4v) is 6.83. The minimum Gasteiger partial charge on any atom is -0.462 e. The van der Waals surface area contributed by atoms with Gasteiger partial charge in [-0.05, 0) is 103 Å². The summed E-state index contributed by atoms with van der Waals surface area (Å²) in [4.78, 5) is 38.1. The van der Waals surface area contributed by atoms with Gasteiger partial charge in [-0.15, -0.1) is 0 Å². The molecule has 0 aliphatic carbocycles. The molecular weight excluding hydrogens is 865 g/mol. The molecule has 0 aliphatic heterocycles. The molecule has 0 aromatic heterocycles. The maximum Gasteiger partial charge on any atom is 0.306 e. The molecule has 70 heavy (non-hydrogen) atoms. The van der Waals surface area contributed by atoms with E-state index in [0.29, 0.717) is 12.8 Å². The fourth-order valence-electron chi connectivity index (χ4n) is 6.83. The molecule has 0 aromatic rings. The number of hydrogen-bond donors (Lipinski definition) is 0. The van der Waals surface area contributed by atoms with Crippen LogP contribution in [0.2, 0.25) is 0 Å². The highest BCUT2D eigenvalue weighted by atomic mass is 16.6. The summed E-state index contributed by atoms with van der Waals surface area (Å²) in [7, 11) is 0. The summed E-state index contributed by atoms with van der Waals surface area (Å²) in [5.41, 5.74) is 0. The summed E-state index contributed by atoms with van der Waals surface area (Å²) in [5.74, 6) is -1.07. The molecule has 0 saturated heterocycles. The third-order valence-electron chi connectivity index (χ3n) is 10.9. The molecule has 1 atom stereocenters. The van der Waals surface area contributed by atoms with Crippen LogP contribution >= 0.6 is 0 Å². The van der Waals surface area contributed by atoms with E-state index in [1.807, 2.05) is 36.5 Å². The lowest BCUT2D eigenvalue weighted by molar-refractivity contribution is -0.166. The maximum absolute atomic E-state index is 12.8. The van der Waals surface area contributed by atoms with Gasteiger partial charge in [0, 0.05) is 19.3 Å². The van der Waals surface area contributed by atoms with Crippen molar-refractivity contribution in [3.05, 3.63) is 158 Å². The quantitative estimate of drug-likeness (QED) is 0.0199. The number of ether oxygens (including phenoxy) is 3. The summed E-state index contributed by atoms with van der Waals surface area (Å²) in [6, 6.07) is 0. The van der Waals surface area contributed by atoms with E-state index < -0.39 is 6.10 Å². The molecule has 0 radical (unpaired) electrons. The summed E-state index contributed by atoms with van der Waals surface area (Å²) in [6.07, 6.45) is 82.3. The number of rotatable bonds is 47. The number of esters is 3. The molecule has 390 valence electrons. The van der Waals surface area contributed by atoms with Crippen LogP contribution in [0.3, 0.4) is 0 Å². The van der Waals surface area contributed by atoms with Crippen LogP contribution in [-0.4, -0.2) is 37.2 Å². The van der Waals surface area contributed by atoms with E-state index in [4.69, 9.17) is 14.2 Å². The molecule has 0 rings (SSSR count). The predicted molar refractivity (Wildman–Crippen MR) is 302 cm³/mol. The third-order valence-corrected chi connectivity index (χ3v) is 10.9. The summed E-state index contributed by atoms with van der Waals surface area (Å²) in [6.45, 7) is 6.25. The zero-order chi connectivity index (χ0) is 50.7. The zero-order valence-electron chi connectivity index (χ0n) is 44.5. The van der Waals surface area contributed by atoms with Gasteiger partial charge in [-0.1, -0.05) is 243 Å². The minimum atomic E-state index is -0.838. The second-order valence-corrected chi connectivity index (χ2v) is 17.5. The highest BCUT2D eigenvalue weighted by molar-refractivity contribution is 5.71. The SMILES string of the molecule is CC\C=C/C=C\C=C/C=C\CCCCCCCC(=O)OCC(COC(=O)CC/C=C\C/C=C\C/C=C\C/C=C\C/C=C\C/C=C\CC)OC(=O)CCCCCCC\C=C/C=C\C=C/CCCCCCC. The van der Waals surface area contributed by atoms with Crippen molar-refractivity contribution in [1.82, 2.24) is 0 Å². The van der Waals surface area contributed by atoms with Crippen LogP contribution in [0.25, 0.3) is 0 Å². The van der Waals surface area contributed by atoms with Crippen molar-refractivity contribution in [3.8, 4) is 0 Å². The first kappa shape index (κ1) is 65.0. The molecule has 0 fully saturated rings. The average molecular weight is 963 g/mol. The number of hydrogen-bond acceptors (Lipinski definition) is 6. The van der Waals surface area contributed by atoms with Gasteiger partial charge in [0.25, 0.3) is 0 Å². The van der Waals surface area contributed by atoms with Crippen LogP contribution in [0.4, 0.5) is 0 Å². The van der Waals surface area contributed by atoms with Crippen molar-refractivity contribution in [2.45, 2.75) is 213 Å². The van der Waals surface area contributed by atoms with E-state index in [9.17, 15) is 14.4 Å². The van der Waals surface area contributed by atoms with Crippen molar-refractivity contribution in [3.63, 3.8) is 0 Å². The van der Waals surface area contributed by atoms with Crippen LogP contribution in [-0.2, 0) is 28.6 Å². The lowest BCUT2D eigenvalue weighted by Gasteiger charge is -2.18. The molecule has 6 nitrogen and oxygen atoms in total. The summed E-state index contributed by atoms with van der Waals surface area (Å²) >= 11 is 0. The molecule has 0 heterocycles. The number of allylic oxidation sites excluding steroid dienone is 26. The first-order valence-electron chi connectivity index (χ1n) is 27.6. The van der Waals surface area contributed by atoms with E-state index in [0.717, 1.165) is 128 Å². The Balaban J connectivity index is 4.62. The zero-order valence-corrected chi connectivity index (χ0v) is 44.5. The maximum atomic E-state index is 12.8. The second kappa shape index (κ2) is 56.6. The van der Waals surface area contributed by atoms with Crippen LogP contribution in [0.1, 0.15) is 207 Å². The molecule has 0 amide bonds. The minimum absolute atomic E-state index is 0.130. The predicted octanol–water partition coefficient (Wildman–Crippen LogP) is 18.6. The first-order chi connectivity index (χ1) is 34.5. The summed E-state index contributed by atoms with van der Waals surface area (Å²) < 4.78 is 16.7. The van der Waals surface area contributed by atoms with Gasteiger partial charge in [0.2, 0.25) is 0 Å². The van der Waals surface area contributed by atoms with Gasteiger partial charge in [0.1, 0.15) is 13.2 Å². The van der Waals surface area contributed by atoms with E-state index >= 15 is 0 Å². The van der Waals surface area contributed by atoms with Gasteiger partial charge < -0.3 is 14.2 Å². The fraction of sp³-hybridized carbons (Fsp3) is 0.547. The van der Waals surface area contributed by atoms with Crippen LogP contribution in [0, 0.1) is 0 Å². The van der Waals surface area contributed by atoms with E-state index in [-0.39, 0.29) is 44.0 Å². The molecule has 0 aromatic carbocycles. The largest absolute Gasteiger partial charge is 0.462 e. The van der Waals surface area contributed by atoms with E-state index in [1.165, 1.54) is 32.1 Å². The lowest BCUT2D eigenvalue weighted by atomic mass is 10.1. The molecule has 0 spiro atoms. The number of carbonyl (C=O) groups is 3. The van der Waals surface area contributed by atoms with Crippen LogP contribution in [0.15, 0.2) is 158 Å². The Bertz CT molecular complexity index is 1620. The van der Waals surface area contributed by atoms with E-state index in [2.05, 4.69) is 142 Å². The van der Waals surface area contributed by atoms with Gasteiger partial charge >= 0.3 is 17.9 Å². The van der Waals surface area contributed by atoms with Crippen LogP contribution < -0.4 is 0 Å². The van der Waals surface area contributed by atoms with Crippen LogP contribution in [0.5, 0.6) is 0 Å². The first-order valence-corrected chi connectivity index (χ1v) is 27.6. The van der Waals surface area contributed by atoms with Gasteiger partial charge in [0.05, 0.1) is 0 Å². The molecule has 0 saturated carbocycles. The van der Waals surface area contributed by atoms with Crippen molar-refractivity contribution in [2.75, 3.05) is 13.2 Å².